The van der Waals surface area contributed by atoms with Gasteiger partial charge in [0.05, 0.1) is 6.61 Å². The highest BCUT2D eigenvalue weighted by atomic mass is 19.1. The molecule has 0 heterocycles. The van der Waals surface area contributed by atoms with Gasteiger partial charge in [-0.2, -0.15) is 0 Å². The summed E-state index contributed by atoms with van der Waals surface area (Å²) in [4.78, 5) is 0. The van der Waals surface area contributed by atoms with Crippen LogP contribution in [0.25, 0.3) is 0 Å². The maximum absolute atomic E-state index is 13.4. The SMILES string of the molecule is COCC(CNC(C)C)Oc1ccc(F)cc1F. The predicted octanol–water partition coefficient (Wildman–Crippen LogP) is 2.36. The molecule has 0 amide bonds. The Kier molecular flexibility index (Phi) is 6.01. The number of nitrogens with one attached hydrogen (secondary N) is 1. The van der Waals surface area contributed by atoms with Crippen molar-refractivity contribution in [3.63, 3.8) is 0 Å². The van der Waals surface area contributed by atoms with Gasteiger partial charge in [0.1, 0.15) is 11.9 Å². The van der Waals surface area contributed by atoms with Crippen LogP contribution in [0.1, 0.15) is 13.8 Å². The van der Waals surface area contributed by atoms with Gasteiger partial charge in [-0.05, 0) is 12.1 Å². The third kappa shape index (κ3) is 4.98. The van der Waals surface area contributed by atoms with Gasteiger partial charge in [0.2, 0.25) is 0 Å². The molecule has 1 unspecified atom stereocenters. The smallest absolute Gasteiger partial charge is 0.167 e. The molecule has 0 fully saturated rings. The molecule has 5 heteroatoms. The zero-order valence-electron chi connectivity index (χ0n) is 10.9. The predicted molar refractivity (Wildman–Crippen MR) is 65.8 cm³/mol. The van der Waals surface area contributed by atoms with Gasteiger partial charge in [-0.3, -0.25) is 0 Å². The lowest BCUT2D eigenvalue weighted by Crippen LogP contribution is -2.38. The quantitative estimate of drug-likeness (QED) is 0.815. The van der Waals surface area contributed by atoms with E-state index in [9.17, 15) is 8.78 Å². The van der Waals surface area contributed by atoms with E-state index in [1.807, 2.05) is 13.8 Å². The molecule has 0 aromatic heterocycles. The van der Waals surface area contributed by atoms with Crippen molar-refractivity contribution < 1.29 is 18.3 Å². The zero-order chi connectivity index (χ0) is 13.5. The maximum atomic E-state index is 13.4. The van der Waals surface area contributed by atoms with Gasteiger partial charge < -0.3 is 14.8 Å². The summed E-state index contributed by atoms with van der Waals surface area (Å²) in [5.41, 5.74) is 0. The summed E-state index contributed by atoms with van der Waals surface area (Å²) >= 11 is 0. The van der Waals surface area contributed by atoms with Crippen LogP contribution in [0.2, 0.25) is 0 Å². The van der Waals surface area contributed by atoms with Crippen LogP contribution in [0, 0.1) is 11.6 Å². The molecule has 1 atom stereocenters. The van der Waals surface area contributed by atoms with E-state index in [2.05, 4.69) is 5.32 Å². The van der Waals surface area contributed by atoms with Gasteiger partial charge in [0, 0.05) is 25.8 Å². The van der Waals surface area contributed by atoms with Gasteiger partial charge in [-0.25, -0.2) is 8.78 Å². The van der Waals surface area contributed by atoms with Crippen LogP contribution in [-0.4, -0.2) is 32.4 Å². The van der Waals surface area contributed by atoms with Crippen LogP contribution in [0.15, 0.2) is 18.2 Å². The Morgan fingerprint density at radius 3 is 2.56 bits per heavy atom. The second kappa shape index (κ2) is 7.28. The summed E-state index contributed by atoms with van der Waals surface area (Å²) in [6.45, 7) is 4.86. The topological polar surface area (TPSA) is 30.5 Å². The molecule has 102 valence electrons. The Morgan fingerprint density at radius 2 is 2.00 bits per heavy atom. The minimum atomic E-state index is -0.708. The van der Waals surface area contributed by atoms with Crippen molar-refractivity contribution in [2.24, 2.45) is 0 Å². The Morgan fingerprint density at radius 1 is 1.28 bits per heavy atom. The average Bonchev–Trinajstić information content (AvgIpc) is 2.29. The molecule has 1 aromatic carbocycles. The number of ether oxygens (including phenoxy) is 2. The summed E-state index contributed by atoms with van der Waals surface area (Å²) < 4.78 is 36.7. The standard InChI is InChI=1S/C13H19F2NO2/c1-9(2)16-7-11(8-17-3)18-13-5-4-10(14)6-12(13)15/h4-6,9,11,16H,7-8H2,1-3H3. The molecule has 3 nitrogen and oxygen atoms in total. The minimum absolute atomic E-state index is 0.0315. The lowest BCUT2D eigenvalue weighted by Gasteiger charge is -2.20. The number of hydrogen-bond donors (Lipinski definition) is 1. The monoisotopic (exact) mass is 259 g/mol. The van der Waals surface area contributed by atoms with Crippen molar-refractivity contribution in [2.45, 2.75) is 26.0 Å². The second-order valence-corrected chi connectivity index (χ2v) is 4.33. The van der Waals surface area contributed by atoms with Gasteiger partial charge in [0.15, 0.2) is 11.6 Å². The highest BCUT2D eigenvalue weighted by molar-refractivity contribution is 5.24. The van der Waals surface area contributed by atoms with Crippen LogP contribution in [0.4, 0.5) is 8.78 Å². The van der Waals surface area contributed by atoms with Gasteiger partial charge >= 0.3 is 0 Å². The summed E-state index contributed by atoms with van der Waals surface area (Å²) in [5.74, 6) is -1.30. The first kappa shape index (κ1) is 14.9. The van der Waals surface area contributed by atoms with Gasteiger partial charge in [0.25, 0.3) is 0 Å². The number of benzene rings is 1. The number of methoxy groups -OCH3 is 1. The van der Waals surface area contributed by atoms with Crippen molar-refractivity contribution in [3.05, 3.63) is 29.8 Å². The molecule has 18 heavy (non-hydrogen) atoms. The number of rotatable bonds is 7. The summed E-state index contributed by atoms with van der Waals surface area (Å²) in [5, 5.41) is 3.18. The summed E-state index contributed by atoms with van der Waals surface area (Å²) in [7, 11) is 1.55. The molecule has 0 aliphatic rings. The normalized spacial score (nSPS) is 12.8. The third-order valence-electron chi connectivity index (χ3n) is 2.29. The average molecular weight is 259 g/mol. The molecular formula is C13H19F2NO2. The van der Waals surface area contributed by atoms with Crippen molar-refractivity contribution in [3.8, 4) is 5.75 Å². The number of halogens is 2. The molecule has 1 N–H and O–H groups in total. The van der Waals surface area contributed by atoms with Crippen molar-refractivity contribution in [1.82, 2.24) is 5.32 Å². The number of hydrogen-bond acceptors (Lipinski definition) is 3. The molecule has 0 saturated heterocycles. The van der Waals surface area contributed by atoms with E-state index in [0.29, 0.717) is 19.2 Å². The molecule has 0 spiro atoms. The highest BCUT2D eigenvalue weighted by Crippen LogP contribution is 2.19. The van der Waals surface area contributed by atoms with E-state index >= 15 is 0 Å². The van der Waals surface area contributed by atoms with E-state index in [1.54, 1.807) is 7.11 Å². The zero-order valence-corrected chi connectivity index (χ0v) is 10.9. The minimum Gasteiger partial charge on any atom is -0.484 e. The highest BCUT2D eigenvalue weighted by Gasteiger charge is 2.14. The first-order chi connectivity index (χ1) is 8.52. The van der Waals surface area contributed by atoms with Crippen molar-refractivity contribution >= 4 is 0 Å². The van der Waals surface area contributed by atoms with E-state index in [0.717, 1.165) is 12.1 Å². The first-order valence-corrected chi connectivity index (χ1v) is 5.87. The maximum Gasteiger partial charge on any atom is 0.167 e. The third-order valence-corrected chi connectivity index (χ3v) is 2.29. The van der Waals surface area contributed by atoms with Crippen LogP contribution < -0.4 is 10.1 Å². The lowest BCUT2D eigenvalue weighted by molar-refractivity contribution is 0.0766. The Hall–Kier alpha value is -1.20. The molecule has 0 aliphatic carbocycles. The fourth-order valence-corrected chi connectivity index (χ4v) is 1.44. The largest absolute Gasteiger partial charge is 0.484 e. The molecule has 0 bridgehead atoms. The van der Waals surface area contributed by atoms with Crippen molar-refractivity contribution in [1.29, 1.82) is 0 Å². The molecule has 1 rings (SSSR count). The first-order valence-electron chi connectivity index (χ1n) is 5.87. The van der Waals surface area contributed by atoms with Crippen LogP contribution in [0.3, 0.4) is 0 Å². The molecule has 0 saturated carbocycles. The van der Waals surface area contributed by atoms with Crippen LogP contribution >= 0.6 is 0 Å². The van der Waals surface area contributed by atoms with Crippen molar-refractivity contribution in [2.75, 3.05) is 20.3 Å². The van der Waals surface area contributed by atoms with Gasteiger partial charge in [-0.1, -0.05) is 13.8 Å². The van der Waals surface area contributed by atoms with E-state index in [-0.39, 0.29) is 11.9 Å². The Bertz CT molecular complexity index is 372. The summed E-state index contributed by atoms with van der Waals surface area (Å²) in [6.07, 6.45) is -0.322. The fourth-order valence-electron chi connectivity index (χ4n) is 1.44. The molecule has 0 radical (unpaired) electrons. The second-order valence-electron chi connectivity index (χ2n) is 4.33. The van der Waals surface area contributed by atoms with E-state index in [1.165, 1.54) is 6.07 Å². The van der Waals surface area contributed by atoms with Gasteiger partial charge in [-0.15, -0.1) is 0 Å². The van der Waals surface area contributed by atoms with Crippen LogP contribution in [-0.2, 0) is 4.74 Å². The molecule has 1 aromatic rings. The Balaban J connectivity index is 2.64. The Labute approximate surface area is 106 Å². The van der Waals surface area contributed by atoms with Crippen LogP contribution in [0.5, 0.6) is 5.75 Å². The fraction of sp³-hybridized carbons (Fsp3) is 0.538. The molecule has 0 aliphatic heterocycles. The lowest BCUT2D eigenvalue weighted by atomic mass is 10.3. The van der Waals surface area contributed by atoms with E-state index < -0.39 is 11.6 Å². The molecular weight excluding hydrogens is 240 g/mol. The van der Waals surface area contributed by atoms with E-state index in [4.69, 9.17) is 9.47 Å². The summed E-state index contributed by atoms with van der Waals surface area (Å²) in [6, 6.07) is 3.54.